The number of carbonyl (C=O) groups excluding carboxylic acids is 3. The van der Waals surface area contributed by atoms with Crippen molar-refractivity contribution in [1.82, 2.24) is 20.4 Å². The Bertz CT molecular complexity index is 1210. The van der Waals surface area contributed by atoms with E-state index in [1.807, 2.05) is 31.2 Å². The summed E-state index contributed by atoms with van der Waals surface area (Å²) in [7, 11) is 1.43. The summed E-state index contributed by atoms with van der Waals surface area (Å²) in [4.78, 5) is 49.6. The molecule has 1 atom stereocenters. The third-order valence-corrected chi connectivity index (χ3v) is 5.47. The molecule has 11 heteroatoms. The van der Waals surface area contributed by atoms with Crippen molar-refractivity contribution in [3.63, 3.8) is 0 Å². The zero-order valence-corrected chi connectivity index (χ0v) is 19.1. The van der Waals surface area contributed by atoms with E-state index < -0.39 is 24.3 Å². The maximum atomic E-state index is 12.8. The molecule has 1 saturated heterocycles. The minimum atomic E-state index is -0.886. The normalized spacial score (nSPS) is 17.6. The highest BCUT2D eigenvalue weighted by Gasteiger charge is 2.36. The summed E-state index contributed by atoms with van der Waals surface area (Å²) >= 11 is 0. The summed E-state index contributed by atoms with van der Waals surface area (Å²) in [5.74, 6) is 0.0526. The number of nitrogens with one attached hydrogen (secondary N) is 3. The van der Waals surface area contributed by atoms with E-state index in [-0.39, 0.29) is 5.57 Å². The molecule has 5 amide bonds. The summed E-state index contributed by atoms with van der Waals surface area (Å²) < 4.78 is 5.78. The van der Waals surface area contributed by atoms with Crippen molar-refractivity contribution in [2.45, 2.75) is 19.8 Å². The number of imide groups is 1. The second kappa shape index (κ2) is 10.1. The number of carbonyl (C=O) groups is 3. The van der Waals surface area contributed by atoms with Crippen LogP contribution in [0.1, 0.15) is 11.1 Å². The maximum absolute atomic E-state index is 12.8. The van der Waals surface area contributed by atoms with E-state index in [4.69, 9.17) is 4.74 Å². The Morgan fingerprint density at radius 3 is 2.54 bits per heavy atom. The summed E-state index contributed by atoms with van der Waals surface area (Å²) in [6.07, 6.45) is 2.09. The van der Waals surface area contributed by atoms with Crippen LogP contribution in [0.25, 0.3) is 0 Å². The third-order valence-electron chi connectivity index (χ3n) is 5.47. The van der Waals surface area contributed by atoms with Gasteiger partial charge in [0.05, 0.1) is 18.7 Å². The molecule has 35 heavy (non-hydrogen) atoms. The van der Waals surface area contributed by atoms with Gasteiger partial charge in [-0.25, -0.2) is 14.5 Å². The molecule has 2 aliphatic heterocycles. The predicted molar refractivity (Wildman–Crippen MR) is 128 cm³/mol. The molecule has 0 aliphatic carbocycles. The molecule has 180 valence electrons. The zero-order chi connectivity index (χ0) is 24.9. The lowest BCUT2D eigenvalue weighted by molar-refractivity contribution is -0.114. The van der Waals surface area contributed by atoms with Gasteiger partial charge in [-0.15, -0.1) is 4.91 Å². The number of nitroso groups, excluding NO2 is 1. The van der Waals surface area contributed by atoms with Crippen LogP contribution in [0, 0.1) is 11.8 Å². The number of nitrogens with zero attached hydrogens (tertiary/aromatic N) is 3. The number of hydrogen-bond donors (Lipinski definition) is 3. The minimum Gasteiger partial charge on any atom is -0.460 e. The Labute approximate surface area is 201 Å². The number of ether oxygens (including phenoxy) is 1. The largest absolute Gasteiger partial charge is 0.460 e. The van der Waals surface area contributed by atoms with Crippen LogP contribution in [0.2, 0.25) is 0 Å². The number of hydrogen-bond acceptors (Lipinski definition) is 7. The first-order valence-corrected chi connectivity index (χ1v) is 10.8. The van der Waals surface area contributed by atoms with E-state index in [9.17, 15) is 19.3 Å². The van der Waals surface area contributed by atoms with Gasteiger partial charge in [-0.2, -0.15) is 0 Å². The lowest BCUT2D eigenvalue weighted by Crippen LogP contribution is -2.65. The number of amides is 5. The highest BCUT2D eigenvalue weighted by molar-refractivity contribution is 5.97. The van der Waals surface area contributed by atoms with Gasteiger partial charge >= 0.3 is 18.0 Å². The maximum Gasteiger partial charge on any atom is 0.331 e. The van der Waals surface area contributed by atoms with Gasteiger partial charge in [0.15, 0.2) is 6.29 Å². The van der Waals surface area contributed by atoms with Crippen LogP contribution in [-0.4, -0.2) is 47.7 Å². The Morgan fingerprint density at radius 2 is 1.86 bits per heavy atom. The fraction of sp³-hybridized carbons (Fsp3) is 0.208. The molecule has 0 bridgehead atoms. The number of rotatable bonds is 7. The van der Waals surface area contributed by atoms with Crippen LogP contribution < -0.4 is 20.7 Å². The number of aryl methyl sites for hydroxylation is 1. The fourth-order valence-corrected chi connectivity index (χ4v) is 3.54. The molecule has 0 spiro atoms. The van der Waals surface area contributed by atoms with Crippen LogP contribution in [0.4, 0.5) is 15.3 Å². The first-order chi connectivity index (χ1) is 16.8. The van der Waals surface area contributed by atoms with Gasteiger partial charge in [-0.05, 0) is 42.8 Å². The zero-order valence-electron chi connectivity index (χ0n) is 19.1. The van der Waals surface area contributed by atoms with Crippen molar-refractivity contribution in [3.05, 3.63) is 88.2 Å². The Balaban J connectivity index is 1.46. The van der Waals surface area contributed by atoms with E-state index in [0.29, 0.717) is 30.3 Å². The standard InChI is InChI=1S/C24H24N6O5/c1-15-3-5-16(6-4-15)14-30-22(27-23(32)29(2)24(30)33)26-18-7-9-19(10-8-18)35-20-11-17(12-25-13-20)21(31)28-34/h3-12,22,25-26H,13-14H2,1-2H3,(H,27,32). The van der Waals surface area contributed by atoms with Gasteiger partial charge in [0.1, 0.15) is 11.5 Å². The monoisotopic (exact) mass is 476 g/mol. The molecule has 1 unspecified atom stereocenters. The number of benzene rings is 2. The number of urea groups is 2. The van der Waals surface area contributed by atoms with Crippen LogP contribution >= 0.6 is 0 Å². The number of dihydropyridines is 1. The molecule has 2 aliphatic rings. The van der Waals surface area contributed by atoms with Gasteiger partial charge in [0.2, 0.25) is 0 Å². The Kier molecular flexibility index (Phi) is 6.76. The molecule has 0 radical (unpaired) electrons. The summed E-state index contributed by atoms with van der Waals surface area (Å²) in [6.45, 7) is 2.63. The third kappa shape index (κ3) is 5.46. The molecule has 3 N–H and O–H groups in total. The smallest absolute Gasteiger partial charge is 0.331 e. The van der Waals surface area contributed by atoms with Gasteiger partial charge in [-0.3, -0.25) is 15.0 Å². The topological polar surface area (TPSA) is 132 Å². The van der Waals surface area contributed by atoms with Crippen molar-refractivity contribution < 1.29 is 19.1 Å². The summed E-state index contributed by atoms with van der Waals surface area (Å²) in [5.41, 5.74) is 2.79. The van der Waals surface area contributed by atoms with Gasteiger partial charge in [0, 0.05) is 24.1 Å². The molecular formula is C24H24N6O5. The first-order valence-electron chi connectivity index (χ1n) is 10.8. The van der Waals surface area contributed by atoms with Crippen molar-refractivity contribution in [2.75, 3.05) is 18.9 Å². The van der Waals surface area contributed by atoms with Crippen LogP contribution in [-0.2, 0) is 11.3 Å². The summed E-state index contributed by atoms with van der Waals surface area (Å²) in [5, 5.41) is 11.2. The van der Waals surface area contributed by atoms with E-state index in [1.54, 1.807) is 24.3 Å². The molecular weight excluding hydrogens is 452 g/mol. The van der Waals surface area contributed by atoms with E-state index in [0.717, 1.165) is 16.0 Å². The second-order valence-corrected chi connectivity index (χ2v) is 8.07. The first kappa shape index (κ1) is 23.5. The average molecular weight is 476 g/mol. The lowest BCUT2D eigenvalue weighted by Gasteiger charge is -2.40. The van der Waals surface area contributed by atoms with E-state index in [1.165, 1.54) is 24.2 Å². The Morgan fingerprint density at radius 1 is 1.14 bits per heavy atom. The molecule has 0 aromatic heterocycles. The molecule has 2 aromatic rings. The quantitative estimate of drug-likeness (QED) is 0.523. The fourth-order valence-electron chi connectivity index (χ4n) is 3.54. The van der Waals surface area contributed by atoms with Crippen molar-refractivity contribution in [2.24, 2.45) is 5.18 Å². The van der Waals surface area contributed by atoms with Gasteiger partial charge in [0.25, 0.3) is 0 Å². The number of anilines is 1. The molecule has 0 saturated carbocycles. The minimum absolute atomic E-state index is 0.107. The van der Waals surface area contributed by atoms with Gasteiger partial charge in [-0.1, -0.05) is 29.8 Å². The second-order valence-electron chi connectivity index (χ2n) is 8.07. The highest BCUT2D eigenvalue weighted by Crippen LogP contribution is 2.22. The SMILES string of the molecule is Cc1ccc(CN2C(=O)N(C)C(=O)NC2Nc2ccc(OC3=CC(C(=O)N=O)=CNC3)cc2)cc1. The van der Waals surface area contributed by atoms with Crippen LogP contribution in [0.3, 0.4) is 0 Å². The highest BCUT2D eigenvalue weighted by atomic mass is 16.5. The van der Waals surface area contributed by atoms with Crippen molar-refractivity contribution in [3.8, 4) is 5.75 Å². The van der Waals surface area contributed by atoms with Crippen molar-refractivity contribution in [1.29, 1.82) is 0 Å². The molecule has 4 rings (SSSR count). The van der Waals surface area contributed by atoms with Crippen molar-refractivity contribution >= 4 is 23.7 Å². The van der Waals surface area contributed by atoms with Crippen LogP contribution in [0.15, 0.2) is 77.3 Å². The summed E-state index contributed by atoms with van der Waals surface area (Å²) in [6, 6.07) is 13.8. The average Bonchev–Trinajstić information content (AvgIpc) is 2.87. The van der Waals surface area contributed by atoms with Gasteiger partial charge < -0.3 is 15.4 Å². The predicted octanol–water partition coefficient (Wildman–Crippen LogP) is 3.01. The molecule has 11 nitrogen and oxygen atoms in total. The van der Waals surface area contributed by atoms with E-state index >= 15 is 0 Å². The van der Waals surface area contributed by atoms with Crippen LogP contribution in [0.5, 0.6) is 5.75 Å². The molecule has 1 fully saturated rings. The molecule has 2 aromatic carbocycles. The molecule has 2 heterocycles. The van der Waals surface area contributed by atoms with E-state index in [2.05, 4.69) is 21.1 Å². The lowest BCUT2D eigenvalue weighted by atomic mass is 10.1. The Hall–Kier alpha value is -4.67.